The standard InChI is InChI=1S/C30H34N6O6S/c1-5-43(41,42)35(20-27(37)34(4)18-17-33(2)3)23-13-11-22(12-14-23)31-29(21-9-7-6-8-10-21)28-25-19-24(36(39)40)15-16-26(25)32-30(28)38/h6-16,19,31H,5,17-18,20H2,1-4H3,(H,32,38). The molecule has 3 aromatic carbocycles. The van der Waals surface area contributed by atoms with Crippen LogP contribution >= 0.6 is 0 Å². The Bertz CT molecular complexity index is 1660. The molecule has 0 unspecified atom stereocenters. The van der Waals surface area contributed by atoms with Gasteiger partial charge in [0.1, 0.15) is 6.54 Å². The molecule has 3 aromatic rings. The Kier molecular flexibility index (Phi) is 9.46. The maximum Gasteiger partial charge on any atom is 0.270 e. The first-order valence-corrected chi connectivity index (χ1v) is 15.2. The minimum Gasteiger partial charge on any atom is -0.354 e. The van der Waals surface area contributed by atoms with Gasteiger partial charge in [-0.15, -0.1) is 0 Å². The Labute approximate surface area is 250 Å². The van der Waals surface area contributed by atoms with Crippen LogP contribution in [0.15, 0.2) is 72.8 Å². The minimum atomic E-state index is -3.78. The average Bonchev–Trinajstić information content (AvgIpc) is 3.32. The molecule has 1 aliphatic rings. The number of anilines is 3. The van der Waals surface area contributed by atoms with Crippen molar-refractivity contribution in [2.45, 2.75) is 6.92 Å². The van der Waals surface area contributed by atoms with Gasteiger partial charge in [-0.25, -0.2) is 8.42 Å². The number of likely N-dealkylation sites (N-methyl/N-ethyl adjacent to an activating group) is 2. The van der Waals surface area contributed by atoms with Gasteiger partial charge < -0.3 is 20.4 Å². The fourth-order valence-corrected chi connectivity index (χ4v) is 5.54. The van der Waals surface area contributed by atoms with Crippen LogP contribution in [0.4, 0.5) is 22.7 Å². The van der Waals surface area contributed by atoms with Crippen LogP contribution in [0.5, 0.6) is 0 Å². The topological polar surface area (TPSA) is 145 Å². The summed E-state index contributed by atoms with van der Waals surface area (Å²) in [5, 5.41) is 17.5. The van der Waals surface area contributed by atoms with Crippen LogP contribution in [-0.2, 0) is 19.6 Å². The van der Waals surface area contributed by atoms with Gasteiger partial charge >= 0.3 is 0 Å². The molecule has 0 saturated heterocycles. The number of carbonyl (C=O) groups is 2. The van der Waals surface area contributed by atoms with E-state index in [4.69, 9.17) is 0 Å². The number of amides is 2. The van der Waals surface area contributed by atoms with Crippen LogP contribution in [0.25, 0.3) is 11.3 Å². The van der Waals surface area contributed by atoms with Gasteiger partial charge in [0.25, 0.3) is 11.6 Å². The fraction of sp³-hybridized carbons (Fsp3) is 0.267. The molecule has 0 radical (unpaired) electrons. The average molecular weight is 607 g/mol. The molecule has 0 aromatic heterocycles. The van der Waals surface area contributed by atoms with Crippen LogP contribution in [0.1, 0.15) is 18.1 Å². The first-order valence-electron chi connectivity index (χ1n) is 13.6. The first kappa shape index (κ1) is 31.2. The summed E-state index contributed by atoms with van der Waals surface area (Å²) < 4.78 is 27.1. The summed E-state index contributed by atoms with van der Waals surface area (Å²) in [6.07, 6.45) is 0. The normalized spacial score (nSPS) is 13.7. The molecule has 226 valence electrons. The largest absolute Gasteiger partial charge is 0.354 e. The zero-order valence-electron chi connectivity index (χ0n) is 24.4. The van der Waals surface area contributed by atoms with Gasteiger partial charge in [0, 0.05) is 49.2 Å². The number of carbonyl (C=O) groups excluding carboxylic acids is 2. The van der Waals surface area contributed by atoms with Crippen LogP contribution in [0, 0.1) is 10.1 Å². The highest BCUT2D eigenvalue weighted by molar-refractivity contribution is 7.92. The quantitative estimate of drug-likeness (QED) is 0.180. The third kappa shape index (κ3) is 7.19. The summed E-state index contributed by atoms with van der Waals surface area (Å²) in [4.78, 5) is 40.5. The van der Waals surface area contributed by atoms with Crippen molar-refractivity contribution in [3.8, 4) is 0 Å². The van der Waals surface area contributed by atoms with Crippen LogP contribution in [0.2, 0.25) is 0 Å². The monoisotopic (exact) mass is 606 g/mol. The van der Waals surface area contributed by atoms with E-state index in [2.05, 4.69) is 10.6 Å². The van der Waals surface area contributed by atoms with E-state index in [1.165, 1.54) is 30.0 Å². The molecular weight excluding hydrogens is 572 g/mol. The van der Waals surface area contributed by atoms with Crippen molar-refractivity contribution in [3.63, 3.8) is 0 Å². The number of nitrogens with one attached hydrogen (secondary N) is 2. The Morgan fingerprint density at radius 2 is 1.65 bits per heavy atom. The van der Waals surface area contributed by atoms with E-state index in [-0.39, 0.29) is 29.5 Å². The van der Waals surface area contributed by atoms with Gasteiger partial charge in [-0.1, -0.05) is 30.3 Å². The molecule has 0 bridgehead atoms. The molecule has 0 atom stereocenters. The van der Waals surface area contributed by atoms with Gasteiger partial charge in [0.2, 0.25) is 15.9 Å². The Balaban J connectivity index is 1.69. The molecule has 0 fully saturated rings. The molecule has 2 N–H and O–H groups in total. The van der Waals surface area contributed by atoms with E-state index in [0.29, 0.717) is 47.0 Å². The maximum atomic E-state index is 13.2. The minimum absolute atomic E-state index is 0.149. The second-order valence-corrected chi connectivity index (χ2v) is 12.4. The molecular formula is C30H34N6O6S. The number of fused-ring (bicyclic) bond motifs is 1. The molecule has 2 amide bonds. The molecule has 0 saturated carbocycles. The molecule has 0 aliphatic carbocycles. The van der Waals surface area contributed by atoms with Crippen molar-refractivity contribution in [2.24, 2.45) is 0 Å². The number of non-ortho nitro benzene ring substituents is 1. The highest BCUT2D eigenvalue weighted by Gasteiger charge is 2.30. The van der Waals surface area contributed by atoms with Crippen LogP contribution in [-0.4, -0.2) is 81.5 Å². The van der Waals surface area contributed by atoms with Crippen molar-refractivity contribution in [3.05, 3.63) is 94.0 Å². The van der Waals surface area contributed by atoms with Gasteiger partial charge in [-0.2, -0.15) is 0 Å². The van der Waals surface area contributed by atoms with Crippen molar-refractivity contribution < 1.29 is 22.9 Å². The van der Waals surface area contributed by atoms with Crippen molar-refractivity contribution in [2.75, 3.05) is 61.5 Å². The van der Waals surface area contributed by atoms with Gasteiger partial charge in [-0.05, 0) is 56.9 Å². The second-order valence-electron chi connectivity index (χ2n) is 10.3. The van der Waals surface area contributed by atoms with Crippen molar-refractivity contribution in [1.29, 1.82) is 0 Å². The second kappa shape index (κ2) is 13.0. The summed E-state index contributed by atoms with van der Waals surface area (Å²) in [5.41, 5.74) is 2.86. The molecule has 1 aliphatic heterocycles. The Morgan fingerprint density at radius 3 is 2.26 bits per heavy atom. The Morgan fingerprint density at radius 1 is 0.977 bits per heavy atom. The maximum absolute atomic E-state index is 13.2. The summed E-state index contributed by atoms with van der Waals surface area (Å²) in [6, 6.07) is 19.7. The number of rotatable bonds is 12. The number of hydrogen-bond donors (Lipinski definition) is 2. The lowest BCUT2D eigenvalue weighted by atomic mass is 9.99. The van der Waals surface area contributed by atoms with E-state index in [1.807, 2.05) is 37.2 Å². The molecule has 1 heterocycles. The third-order valence-corrected chi connectivity index (χ3v) is 8.72. The van der Waals surface area contributed by atoms with E-state index in [9.17, 15) is 28.1 Å². The number of sulfonamides is 1. The third-order valence-electron chi connectivity index (χ3n) is 6.98. The zero-order valence-corrected chi connectivity index (χ0v) is 25.2. The number of nitro groups is 1. The lowest BCUT2D eigenvalue weighted by molar-refractivity contribution is -0.384. The van der Waals surface area contributed by atoms with Crippen molar-refractivity contribution >= 4 is 55.9 Å². The Hall–Kier alpha value is -4.75. The number of nitrogens with zero attached hydrogens (tertiary/aromatic N) is 4. The van der Waals surface area contributed by atoms with E-state index in [0.717, 1.165) is 4.31 Å². The molecule has 43 heavy (non-hydrogen) atoms. The van der Waals surface area contributed by atoms with Gasteiger partial charge in [0.05, 0.1) is 27.6 Å². The van der Waals surface area contributed by atoms with Crippen molar-refractivity contribution in [1.82, 2.24) is 9.80 Å². The number of benzene rings is 3. The highest BCUT2D eigenvalue weighted by atomic mass is 32.2. The SMILES string of the molecule is CCS(=O)(=O)N(CC(=O)N(C)CCN(C)C)c1ccc(NC(=C2C(=O)Nc3ccc([N+](=O)[O-])cc32)c2ccccc2)cc1. The zero-order chi connectivity index (χ0) is 31.3. The predicted molar refractivity (Wildman–Crippen MR) is 168 cm³/mol. The summed E-state index contributed by atoms with van der Waals surface area (Å²) >= 11 is 0. The van der Waals surface area contributed by atoms with Crippen LogP contribution < -0.4 is 14.9 Å². The first-order chi connectivity index (χ1) is 20.4. The molecule has 0 spiro atoms. The lowest BCUT2D eigenvalue weighted by Crippen LogP contribution is -2.43. The fourth-order valence-electron chi connectivity index (χ4n) is 4.48. The van der Waals surface area contributed by atoms with Gasteiger partial charge in [0.15, 0.2) is 0 Å². The summed E-state index contributed by atoms with van der Waals surface area (Å²) in [7, 11) is 1.64. The van der Waals surface area contributed by atoms with E-state index in [1.54, 1.807) is 43.4 Å². The van der Waals surface area contributed by atoms with E-state index >= 15 is 0 Å². The summed E-state index contributed by atoms with van der Waals surface area (Å²) in [5.74, 6) is -0.945. The number of nitro benzene ring substituents is 1. The smallest absolute Gasteiger partial charge is 0.270 e. The lowest BCUT2D eigenvalue weighted by Gasteiger charge is -2.27. The number of hydrogen-bond acceptors (Lipinski definition) is 8. The summed E-state index contributed by atoms with van der Waals surface area (Å²) in [6.45, 7) is 2.26. The van der Waals surface area contributed by atoms with Crippen LogP contribution in [0.3, 0.4) is 0 Å². The van der Waals surface area contributed by atoms with E-state index < -0.39 is 20.9 Å². The molecule has 12 nitrogen and oxygen atoms in total. The highest BCUT2D eigenvalue weighted by Crippen LogP contribution is 2.39. The predicted octanol–water partition coefficient (Wildman–Crippen LogP) is 3.70. The van der Waals surface area contributed by atoms with Gasteiger partial charge in [-0.3, -0.25) is 24.0 Å². The molecule has 4 rings (SSSR count). The molecule has 13 heteroatoms.